The van der Waals surface area contributed by atoms with E-state index in [1.54, 1.807) is 25.3 Å². The third-order valence-electron chi connectivity index (χ3n) is 2.38. The van der Waals surface area contributed by atoms with Crippen LogP contribution in [-0.2, 0) is 0 Å². The molecular weight excluding hydrogens is 214 g/mol. The second-order valence-corrected chi connectivity index (χ2v) is 3.96. The van der Waals surface area contributed by atoms with Gasteiger partial charge in [-0.15, -0.1) is 0 Å². The quantitative estimate of drug-likeness (QED) is 0.579. The van der Waals surface area contributed by atoms with E-state index in [1.165, 1.54) is 0 Å². The smallest absolute Gasteiger partial charge is 0.176 e. The van der Waals surface area contributed by atoms with Crippen molar-refractivity contribution < 1.29 is 9.53 Å². The molecule has 0 saturated carbocycles. The van der Waals surface area contributed by atoms with Crippen LogP contribution in [0.1, 0.15) is 10.4 Å². The number of hydrogen-bond donors (Lipinski definition) is 0. The van der Waals surface area contributed by atoms with Crippen LogP contribution in [0.4, 0.5) is 0 Å². The SMILES string of the molecule is COc1ccc(C(=O)CN2CC2)cc1Cl. The Morgan fingerprint density at radius 3 is 2.80 bits per heavy atom. The number of Topliss-reactive ketones (excluding diaryl/α,β-unsaturated/α-hetero) is 1. The van der Waals surface area contributed by atoms with Crippen molar-refractivity contribution in [1.82, 2.24) is 4.90 Å². The summed E-state index contributed by atoms with van der Waals surface area (Å²) in [6.07, 6.45) is 0. The largest absolute Gasteiger partial charge is 0.495 e. The molecule has 0 unspecified atom stereocenters. The van der Waals surface area contributed by atoms with Crippen LogP contribution in [0.5, 0.6) is 5.75 Å². The van der Waals surface area contributed by atoms with Crippen molar-refractivity contribution in [3.8, 4) is 5.75 Å². The minimum absolute atomic E-state index is 0.108. The Balaban J connectivity index is 2.13. The van der Waals surface area contributed by atoms with E-state index in [1.807, 2.05) is 0 Å². The van der Waals surface area contributed by atoms with Gasteiger partial charge in [0.05, 0.1) is 18.7 Å². The molecule has 0 N–H and O–H groups in total. The number of halogens is 1. The number of ether oxygens (including phenoxy) is 1. The Morgan fingerprint density at radius 1 is 1.53 bits per heavy atom. The van der Waals surface area contributed by atoms with Crippen LogP contribution in [0.3, 0.4) is 0 Å². The van der Waals surface area contributed by atoms with Crippen LogP contribution in [0, 0.1) is 0 Å². The summed E-state index contributed by atoms with van der Waals surface area (Å²) < 4.78 is 5.02. The number of carbonyl (C=O) groups excluding carboxylic acids is 1. The average Bonchev–Trinajstić information content (AvgIpc) is 3.01. The first-order chi connectivity index (χ1) is 7.20. The van der Waals surface area contributed by atoms with Gasteiger partial charge in [0, 0.05) is 18.7 Å². The molecule has 2 rings (SSSR count). The van der Waals surface area contributed by atoms with Gasteiger partial charge < -0.3 is 4.74 Å². The van der Waals surface area contributed by atoms with Crippen molar-refractivity contribution in [2.24, 2.45) is 0 Å². The monoisotopic (exact) mass is 225 g/mol. The summed E-state index contributed by atoms with van der Waals surface area (Å²) in [4.78, 5) is 13.8. The number of carbonyl (C=O) groups is 1. The van der Waals surface area contributed by atoms with Crippen LogP contribution in [-0.4, -0.2) is 37.4 Å². The van der Waals surface area contributed by atoms with Crippen LogP contribution >= 0.6 is 11.6 Å². The van der Waals surface area contributed by atoms with Crippen LogP contribution < -0.4 is 4.74 Å². The van der Waals surface area contributed by atoms with E-state index in [9.17, 15) is 4.79 Å². The molecule has 80 valence electrons. The Morgan fingerprint density at radius 2 is 2.27 bits per heavy atom. The van der Waals surface area contributed by atoms with Gasteiger partial charge >= 0.3 is 0 Å². The van der Waals surface area contributed by atoms with Gasteiger partial charge in [0.2, 0.25) is 0 Å². The van der Waals surface area contributed by atoms with Gasteiger partial charge in [-0.05, 0) is 18.2 Å². The average molecular weight is 226 g/mol. The molecule has 0 spiro atoms. The lowest BCUT2D eigenvalue weighted by Crippen LogP contribution is -2.12. The third kappa shape index (κ3) is 2.49. The zero-order valence-electron chi connectivity index (χ0n) is 8.50. The summed E-state index contributed by atoms with van der Waals surface area (Å²) in [5.41, 5.74) is 0.646. The Kier molecular flexibility index (Phi) is 2.93. The highest BCUT2D eigenvalue weighted by Crippen LogP contribution is 2.25. The van der Waals surface area contributed by atoms with Gasteiger partial charge in [-0.1, -0.05) is 11.6 Å². The van der Waals surface area contributed by atoms with Crippen molar-refractivity contribution in [2.75, 3.05) is 26.7 Å². The van der Waals surface area contributed by atoms with Crippen molar-refractivity contribution >= 4 is 17.4 Å². The molecule has 1 saturated heterocycles. The van der Waals surface area contributed by atoms with Gasteiger partial charge in [0.1, 0.15) is 5.75 Å². The molecule has 0 radical (unpaired) electrons. The molecule has 1 heterocycles. The Labute approximate surface area is 93.6 Å². The number of rotatable bonds is 4. The first kappa shape index (κ1) is 10.5. The van der Waals surface area contributed by atoms with E-state index in [-0.39, 0.29) is 5.78 Å². The molecule has 0 bridgehead atoms. The van der Waals surface area contributed by atoms with E-state index in [0.29, 0.717) is 22.9 Å². The lowest BCUT2D eigenvalue weighted by Gasteiger charge is -2.05. The van der Waals surface area contributed by atoms with Crippen LogP contribution in [0.2, 0.25) is 5.02 Å². The summed E-state index contributed by atoms with van der Waals surface area (Å²) in [5, 5.41) is 0.481. The normalized spacial score (nSPS) is 15.1. The molecule has 1 fully saturated rings. The van der Waals surface area contributed by atoms with Crippen molar-refractivity contribution in [3.63, 3.8) is 0 Å². The lowest BCUT2D eigenvalue weighted by molar-refractivity contribution is 0.0974. The zero-order valence-corrected chi connectivity index (χ0v) is 9.25. The third-order valence-corrected chi connectivity index (χ3v) is 2.68. The van der Waals surface area contributed by atoms with E-state index >= 15 is 0 Å². The second kappa shape index (κ2) is 4.21. The predicted octanol–water partition coefficient (Wildman–Crippen LogP) is 1.85. The first-order valence-corrected chi connectivity index (χ1v) is 5.17. The second-order valence-electron chi connectivity index (χ2n) is 3.55. The molecule has 15 heavy (non-hydrogen) atoms. The number of ketones is 1. The maximum atomic E-state index is 11.7. The zero-order chi connectivity index (χ0) is 10.8. The van der Waals surface area contributed by atoms with Gasteiger partial charge in [-0.25, -0.2) is 0 Å². The molecule has 0 aliphatic carbocycles. The Hall–Kier alpha value is -1.06. The summed E-state index contributed by atoms with van der Waals surface area (Å²) in [7, 11) is 1.55. The van der Waals surface area contributed by atoms with E-state index in [2.05, 4.69) is 4.90 Å². The maximum Gasteiger partial charge on any atom is 0.176 e. The summed E-state index contributed by atoms with van der Waals surface area (Å²) in [5.74, 6) is 0.706. The van der Waals surface area contributed by atoms with E-state index < -0.39 is 0 Å². The summed E-state index contributed by atoms with van der Waals surface area (Å²) in [6, 6.07) is 5.13. The highest BCUT2D eigenvalue weighted by molar-refractivity contribution is 6.32. The fourth-order valence-corrected chi connectivity index (χ4v) is 1.62. The van der Waals surface area contributed by atoms with Crippen LogP contribution in [0.15, 0.2) is 18.2 Å². The summed E-state index contributed by atoms with van der Waals surface area (Å²) in [6.45, 7) is 2.54. The molecule has 1 aromatic carbocycles. The van der Waals surface area contributed by atoms with Gasteiger partial charge in [0.15, 0.2) is 5.78 Å². The van der Waals surface area contributed by atoms with Crippen molar-refractivity contribution in [1.29, 1.82) is 0 Å². The maximum absolute atomic E-state index is 11.7. The fraction of sp³-hybridized carbons (Fsp3) is 0.364. The molecule has 0 amide bonds. The molecule has 1 aromatic rings. The fourth-order valence-electron chi connectivity index (χ4n) is 1.36. The lowest BCUT2D eigenvalue weighted by atomic mass is 10.1. The topological polar surface area (TPSA) is 29.3 Å². The number of benzene rings is 1. The van der Waals surface area contributed by atoms with Gasteiger partial charge in [-0.2, -0.15) is 0 Å². The van der Waals surface area contributed by atoms with Gasteiger partial charge in [-0.3, -0.25) is 9.69 Å². The van der Waals surface area contributed by atoms with E-state index in [0.717, 1.165) is 13.1 Å². The number of methoxy groups -OCH3 is 1. The molecule has 1 aliphatic rings. The van der Waals surface area contributed by atoms with Crippen molar-refractivity contribution in [2.45, 2.75) is 0 Å². The highest BCUT2D eigenvalue weighted by atomic mass is 35.5. The predicted molar refractivity (Wildman–Crippen MR) is 58.8 cm³/mol. The minimum atomic E-state index is 0.108. The van der Waals surface area contributed by atoms with Crippen LogP contribution in [0.25, 0.3) is 0 Å². The first-order valence-electron chi connectivity index (χ1n) is 4.80. The minimum Gasteiger partial charge on any atom is -0.495 e. The number of nitrogens with zero attached hydrogens (tertiary/aromatic N) is 1. The molecule has 4 heteroatoms. The number of hydrogen-bond acceptors (Lipinski definition) is 3. The molecule has 3 nitrogen and oxygen atoms in total. The Bertz CT molecular complexity index is 388. The molecule has 0 aromatic heterocycles. The van der Waals surface area contributed by atoms with Gasteiger partial charge in [0.25, 0.3) is 0 Å². The molecular formula is C11H12ClNO2. The van der Waals surface area contributed by atoms with E-state index in [4.69, 9.17) is 16.3 Å². The highest BCUT2D eigenvalue weighted by Gasteiger charge is 2.21. The van der Waals surface area contributed by atoms with Crippen molar-refractivity contribution in [3.05, 3.63) is 28.8 Å². The summed E-state index contributed by atoms with van der Waals surface area (Å²) >= 11 is 5.93. The molecule has 1 aliphatic heterocycles. The standard InChI is InChI=1S/C11H12ClNO2/c1-15-11-3-2-8(6-9(11)12)10(14)7-13-4-5-13/h2-3,6H,4-5,7H2,1H3. The molecule has 0 atom stereocenters.